The van der Waals surface area contributed by atoms with Crippen LogP contribution >= 0.6 is 0 Å². The van der Waals surface area contributed by atoms with Crippen molar-refractivity contribution in [3.63, 3.8) is 0 Å². The fourth-order valence-corrected chi connectivity index (χ4v) is 3.86. The van der Waals surface area contributed by atoms with Gasteiger partial charge in [-0.15, -0.1) is 0 Å². The molecule has 1 saturated carbocycles. The number of fused-ring (bicyclic) bond motifs is 1. The van der Waals surface area contributed by atoms with Crippen molar-refractivity contribution in [2.75, 3.05) is 17.9 Å². The molecule has 0 atom stereocenters. The van der Waals surface area contributed by atoms with Crippen molar-refractivity contribution in [2.24, 2.45) is 0 Å². The number of amides is 1. The first kappa shape index (κ1) is 17.7. The van der Waals surface area contributed by atoms with Gasteiger partial charge < -0.3 is 14.8 Å². The molecule has 0 bridgehead atoms. The number of hydrogen-bond acceptors (Lipinski definition) is 5. The van der Waals surface area contributed by atoms with E-state index in [0.717, 1.165) is 18.4 Å². The Bertz CT molecular complexity index is 953. The van der Waals surface area contributed by atoms with Gasteiger partial charge >= 0.3 is 0 Å². The molecule has 0 unspecified atom stereocenters. The molecule has 2 aliphatic rings. The first-order valence-electron chi connectivity index (χ1n) is 8.80. The number of carbonyl (C=O) groups excluding carboxylic acids is 1. The van der Waals surface area contributed by atoms with E-state index in [1.807, 2.05) is 0 Å². The second-order valence-electron chi connectivity index (χ2n) is 6.63. The van der Waals surface area contributed by atoms with E-state index in [2.05, 4.69) is 10.0 Å². The van der Waals surface area contributed by atoms with Gasteiger partial charge in [-0.05, 0) is 42.7 Å². The molecule has 1 aliphatic carbocycles. The molecule has 1 aliphatic heterocycles. The lowest BCUT2D eigenvalue weighted by atomic mass is 10.1. The first-order valence-corrected chi connectivity index (χ1v) is 10.3. The number of sulfonamides is 1. The lowest BCUT2D eigenvalue weighted by molar-refractivity contribution is -0.120. The van der Waals surface area contributed by atoms with Crippen molar-refractivity contribution in [1.82, 2.24) is 5.32 Å². The summed E-state index contributed by atoms with van der Waals surface area (Å²) in [5, 5.41) is 2.93. The predicted octanol–water partition coefficient (Wildman–Crippen LogP) is 2.08. The molecule has 8 heteroatoms. The smallest absolute Gasteiger partial charge is 0.262 e. The number of benzene rings is 2. The van der Waals surface area contributed by atoms with Gasteiger partial charge in [-0.25, -0.2) is 8.42 Å². The molecular formula is C19H20N2O5S. The summed E-state index contributed by atoms with van der Waals surface area (Å²) in [4.78, 5) is 11.9. The molecule has 2 aromatic carbocycles. The van der Waals surface area contributed by atoms with Crippen LogP contribution in [0.4, 0.5) is 5.69 Å². The van der Waals surface area contributed by atoms with E-state index in [4.69, 9.17) is 9.47 Å². The standard InChI is InChI=1S/C19H20N2O5S/c22-19(20-14-5-6-14)11-13-1-3-15(4-2-13)21-27(23,24)16-7-8-17-18(12-16)26-10-9-25-17/h1-4,7-8,12,14,21H,5-6,9-11H2,(H,20,22). The van der Waals surface area contributed by atoms with Crippen molar-refractivity contribution in [3.05, 3.63) is 48.0 Å². The summed E-state index contributed by atoms with van der Waals surface area (Å²) in [6.45, 7) is 0.835. The second-order valence-corrected chi connectivity index (χ2v) is 8.31. The van der Waals surface area contributed by atoms with Crippen LogP contribution in [0.25, 0.3) is 0 Å². The molecule has 7 nitrogen and oxygen atoms in total. The molecule has 0 spiro atoms. The summed E-state index contributed by atoms with van der Waals surface area (Å²) in [6, 6.07) is 11.6. The molecule has 142 valence electrons. The van der Waals surface area contributed by atoms with E-state index in [1.165, 1.54) is 12.1 Å². The summed E-state index contributed by atoms with van der Waals surface area (Å²) in [7, 11) is -3.76. The van der Waals surface area contributed by atoms with Gasteiger partial charge in [-0.1, -0.05) is 12.1 Å². The summed E-state index contributed by atoms with van der Waals surface area (Å²) >= 11 is 0. The third kappa shape index (κ3) is 4.33. The van der Waals surface area contributed by atoms with Gasteiger partial charge in [0.1, 0.15) is 13.2 Å². The topological polar surface area (TPSA) is 93.7 Å². The number of hydrogen-bond donors (Lipinski definition) is 2. The van der Waals surface area contributed by atoms with Crippen LogP contribution in [-0.2, 0) is 21.2 Å². The highest BCUT2D eigenvalue weighted by atomic mass is 32.2. The van der Waals surface area contributed by atoms with E-state index in [1.54, 1.807) is 30.3 Å². The van der Waals surface area contributed by atoms with Crippen LogP contribution in [0.15, 0.2) is 47.4 Å². The highest BCUT2D eigenvalue weighted by molar-refractivity contribution is 7.92. The number of rotatable bonds is 6. The number of ether oxygens (including phenoxy) is 2. The van der Waals surface area contributed by atoms with E-state index in [-0.39, 0.29) is 17.2 Å². The maximum Gasteiger partial charge on any atom is 0.262 e. The molecule has 2 N–H and O–H groups in total. The molecule has 4 rings (SSSR count). The molecular weight excluding hydrogens is 368 g/mol. The number of carbonyl (C=O) groups is 1. The Morgan fingerprint density at radius 1 is 1.00 bits per heavy atom. The minimum absolute atomic E-state index is 0.0119. The van der Waals surface area contributed by atoms with Crippen LogP contribution in [0.1, 0.15) is 18.4 Å². The van der Waals surface area contributed by atoms with E-state index in [9.17, 15) is 13.2 Å². The molecule has 1 heterocycles. The minimum Gasteiger partial charge on any atom is -0.486 e. The third-order valence-electron chi connectivity index (χ3n) is 4.34. The Kier molecular flexibility index (Phi) is 4.65. The van der Waals surface area contributed by atoms with E-state index < -0.39 is 10.0 Å². The van der Waals surface area contributed by atoms with Crippen molar-refractivity contribution < 1.29 is 22.7 Å². The van der Waals surface area contributed by atoms with Gasteiger partial charge in [0.25, 0.3) is 10.0 Å². The molecule has 2 aromatic rings. The van der Waals surface area contributed by atoms with E-state index >= 15 is 0 Å². The maximum absolute atomic E-state index is 12.6. The molecule has 0 radical (unpaired) electrons. The average molecular weight is 388 g/mol. The zero-order valence-electron chi connectivity index (χ0n) is 14.6. The molecule has 0 aromatic heterocycles. The van der Waals surface area contributed by atoms with Gasteiger partial charge in [0.15, 0.2) is 11.5 Å². The Morgan fingerprint density at radius 3 is 2.41 bits per heavy atom. The number of nitrogens with one attached hydrogen (secondary N) is 2. The fourth-order valence-electron chi connectivity index (χ4n) is 2.79. The van der Waals surface area contributed by atoms with Crippen LogP contribution in [0.2, 0.25) is 0 Å². The summed E-state index contributed by atoms with van der Waals surface area (Å²) in [6.07, 6.45) is 2.38. The molecule has 1 fully saturated rings. The molecule has 27 heavy (non-hydrogen) atoms. The van der Waals surface area contributed by atoms with Crippen molar-refractivity contribution in [3.8, 4) is 11.5 Å². The van der Waals surface area contributed by atoms with E-state index in [0.29, 0.717) is 36.4 Å². The quantitative estimate of drug-likeness (QED) is 0.790. The van der Waals surface area contributed by atoms with Crippen LogP contribution in [-0.4, -0.2) is 33.6 Å². The highest BCUT2D eigenvalue weighted by Gasteiger charge is 2.23. The summed E-state index contributed by atoms with van der Waals surface area (Å²) < 4.78 is 38.6. The van der Waals surface area contributed by atoms with Gasteiger partial charge in [0.05, 0.1) is 11.3 Å². The Labute approximate surface area is 157 Å². The van der Waals surface area contributed by atoms with Crippen molar-refractivity contribution in [2.45, 2.75) is 30.2 Å². The van der Waals surface area contributed by atoms with Crippen molar-refractivity contribution >= 4 is 21.6 Å². The minimum atomic E-state index is -3.76. The van der Waals surface area contributed by atoms with Crippen molar-refractivity contribution in [1.29, 1.82) is 0 Å². The first-order chi connectivity index (χ1) is 13.0. The largest absolute Gasteiger partial charge is 0.486 e. The van der Waals surface area contributed by atoms with Gasteiger partial charge in [0, 0.05) is 17.8 Å². The van der Waals surface area contributed by atoms with Crippen LogP contribution in [0.3, 0.4) is 0 Å². The van der Waals surface area contributed by atoms with Crippen LogP contribution in [0, 0.1) is 0 Å². The Balaban J connectivity index is 1.43. The maximum atomic E-state index is 12.6. The fraction of sp³-hybridized carbons (Fsp3) is 0.316. The normalized spacial score (nSPS) is 15.9. The molecule has 0 saturated heterocycles. The Morgan fingerprint density at radius 2 is 1.70 bits per heavy atom. The molecule has 1 amide bonds. The summed E-state index contributed by atoms with van der Waals surface area (Å²) in [5.41, 5.74) is 1.26. The monoisotopic (exact) mass is 388 g/mol. The third-order valence-corrected chi connectivity index (χ3v) is 5.72. The van der Waals surface area contributed by atoms with Gasteiger partial charge in [-0.2, -0.15) is 0 Å². The van der Waals surface area contributed by atoms with Crippen LogP contribution < -0.4 is 19.5 Å². The Hall–Kier alpha value is -2.74. The van der Waals surface area contributed by atoms with Gasteiger partial charge in [0.2, 0.25) is 5.91 Å². The zero-order valence-corrected chi connectivity index (χ0v) is 15.4. The lowest BCUT2D eigenvalue weighted by Gasteiger charge is -2.19. The number of anilines is 1. The second kappa shape index (κ2) is 7.11. The van der Waals surface area contributed by atoms with Gasteiger partial charge in [-0.3, -0.25) is 9.52 Å². The predicted molar refractivity (Wildman–Crippen MR) is 99.6 cm³/mol. The highest BCUT2D eigenvalue weighted by Crippen LogP contribution is 2.32. The summed E-state index contributed by atoms with van der Waals surface area (Å²) in [5.74, 6) is 0.942. The lowest BCUT2D eigenvalue weighted by Crippen LogP contribution is -2.26. The zero-order chi connectivity index (χ0) is 18.9. The average Bonchev–Trinajstić information content (AvgIpc) is 3.46. The SMILES string of the molecule is O=C(Cc1ccc(NS(=O)(=O)c2ccc3c(c2)OCCO3)cc1)NC1CC1. The van der Waals surface area contributed by atoms with Crippen LogP contribution in [0.5, 0.6) is 11.5 Å².